The average molecular weight is 366 g/mol. The number of H-pyrrole nitrogens is 1. The molecule has 0 bridgehead atoms. The maximum absolute atomic E-state index is 12.4. The van der Waals surface area contributed by atoms with E-state index in [-0.39, 0.29) is 11.0 Å². The minimum absolute atomic E-state index is 0.0137. The number of nitrogens with one attached hydrogen (secondary N) is 1. The van der Waals surface area contributed by atoms with E-state index >= 15 is 0 Å². The van der Waals surface area contributed by atoms with Crippen molar-refractivity contribution in [3.63, 3.8) is 0 Å². The smallest absolute Gasteiger partial charge is 0.255 e. The van der Waals surface area contributed by atoms with Crippen LogP contribution in [0.25, 0.3) is 0 Å². The van der Waals surface area contributed by atoms with Crippen LogP contribution in [0.3, 0.4) is 0 Å². The number of rotatable bonds is 2. The van der Waals surface area contributed by atoms with Gasteiger partial charge in [0.1, 0.15) is 11.6 Å². The lowest BCUT2D eigenvalue weighted by Crippen LogP contribution is -2.37. The quantitative estimate of drug-likeness (QED) is 0.888. The van der Waals surface area contributed by atoms with Crippen LogP contribution < -0.4 is 5.56 Å². The summed E-state index contributed by atoms with van der Waals surface area (Å²) in [5.74, 6) is 1.66. The maximum atomic E-state index is 12.4. The van der Waals surface area contributed by atoms with Gasteiger partial charge in [-0.15, -0.1) is 0 Å². The summed E-state index contributed by atoms with van der Waals surface area (Å²) in [6, 6.07) is 3.84. The van der Waals surface area contributed by atoms with Crippen LogP contribution in [0.5, 0.6) is 0 Å². The number of hydrogen-bond donors (Lipinski definition) is 1. The Bertz CT molecular complexity index is 743. The van der Waals surface area contributed by atoms with Crippen molar-refractivity contribution in [2.75, 3.05) is 6.54 Å². The Morgan fingerprint density at radius 3 is 2.82 bits per heavy atom. The molecule has 1 N–H and O–H groups in total. The number of fused-ring (bicyclic) bond motifs is 1. The van der Waals surface area contributed by atoms with Gasteiger partial charge in [0.25, 0.3) is 5.56 Å². The average Bonchev–Trinajstić information content (AvgIpc) is 2.83. The van der Waals surface area contributed by atoms with Crippen molar-refractivity contribution in [1.82, 2.24) is 14.9 Å². The normalized spacial score (nSPS) is 15.8. The molecule has 2 aromatic rings. The summed E-state index contributed by atoms with van der Waals surface area (Å²) in [5, 5.41) is 0. The molecule has 22 heavy (non-hydrogen) atoms. The van der Waals surface area contributed by atoms with Crippen molar-refractivity contribution in [2.24, 2.45) is 0 Å². The number of aromatic amines is 1. The monoisotopic (exact) mass is 365 g/mol. The summed E-state index contributed by atoms with van der Waals surface area (Å²) < 4.78 is 6.27. The molecule has 0 radical (unpaired) electrons. The Hall–Kier alpha value is -1.40. The first kappa shape index (κ1) is 15.5. The second-order valence-electron chi connectivity index (χ2n) is 6.76. The molecule has 0 amide bonds. The number of aromatic nitrogens is 2. The third-order valence-corrected chi connectivity index (χ3v) is 4.29. The molecule has 1 aliphatic rings. The van der Waals surface area contributed by atoms with Gasteiger partial charge >= 0.3 is 0 Å². The Labute approximate surface area is 137 Å². The van der Waals surface area contributed by atoms with Gasteiger partial charge in [0.15, 0.2) is 4.67 Å². The van der Waals surface area contributed by atoms with Gasteiger partial charge in [-0.3, -0.25) is 9.69 Å². The highest BCUT2D eigenvalue weighted by Crippen LogP contribution is 2.22. The SMILES string of the molecule is CC(C)(C)c1nc2c(c(=O)[nH]1)CN(Cc1ccc(Br)o1)CC2. The molecule has 0 atom stereocenters. The van der Waals surface area contributed by atoms with Gasteiger partial charge in [0.2, 0.25) is 0 Å². The molecular formula is C16H20BrN3O2. The molecule has 3 rings (SSSR count). The zero-order chi connectivity index (χ0) is 15.9. The molecule has 0 spiro atoms. The molecule has 2 aromatic heterocycles. The van der Waals surface area contributed by atoms with Gasteiger partial charge in [-0.2, -0.15) is 0 Å². The van der Waals surface area contributed by atoms with Gasteiger partial charge in [0, 0.05) is 24.9 Å². The highest BCUT2D eigenvalue weighted by Gasteiger charge is 2.25. The topological polar surface area (TPSA) is 62.1 Å². The van der Waals surface area contributed by atoms with E-state index in [1.807, 2.05) is 12.1 Å². The summed E-state index contributed by atoms with van der Waals surface area (Å²) in [7, 11) is 0. The third kappa shape index (κ3) is 3.17. The molecule has 0 unspecified atom stereocenters. The van der Waals surface area contributed by atoms with Crippen molar-refractivity contribution in [2.45, 2.75) is 45.7 Å². The van der Waals surface area contributed by atoms with Crippen LogP contribution in [0.2, 0.25) is 0 Å². The first-order valence-electron chi connectivity index (χ1n) is 7.42. The first-order chi connectivity index (χ1) is 10.3. The lowest BCUT2D eigenvalue weighted by Gasteiger charge is -2.28. The number of furan rings is 1. The Kier molecular flexibility index (Phi) is 3.99. The third-order valence-electron chi connectivity index (χ3n) is 3.87. The second-order valence-corrected chi connectivity index (χ2v) is 7.54. The zero-order valence-electron chi connectivity index (χ0n) is 13.1. The standard InChI is InChI=1S/C16H20BrN3O2/c1-16(2,3)15-18-12-6-7-20(9-11(12)14(21)19-15)8-10-4-5-13(17)22-10/h4-5H,6-9H2,1-3H3,(H,18,19,21). The van der Waals surface area contributed by atoms with Crippen molar-refractivity contribution >= 4 is 15.9 Å². The highest BCUT2D eigenvalue weighted by molar-refractivity contribution is 9.10. The molecular weight excluding hydrogens is 346 g/mol. The lowest BCUT2D eigenvalue weighted by molar-refractivity contribution is 0.220. The van der Waals surface area contributed by atoms with Crippen LogP contribution in [0, 0.1) is 0 Å². The first-order valence-corrected chi connectivity index (χ1v) is 8.21. The highest BCUT2D eigenvalue weighted by atomic mass is 79.9. The predicted molar refractivity (Wildman–Crippen MR) is 87.8 cm³/mol. The molecule has 0 saturated heterocycles. The predicted octanol–water partition coefficient (Wildman–Crippen LogP) is 2.98. The van der Waals surface area contributed by atoms with Gasteiger partial charge in [-0.05, 0) is 28.1 Å². The van der Waals surface area contributed by atoms with Gasteiger partial charge in [-0.1, -0.05) is 20.8 Å². The van der Waals surface area contributed by atoms with E-state index in [0.717, 1.165) is 40.5 Å². The van der Waals surface area contributed by atoms with E-state index in [0.29, 0.717) is 13.1 Å². The molecule has 0 aliphatic carbocycles. The number of hydrogen-bond acceptors (Lipinski definition) is 4. The molecule has 0 saturated carbocycles. The Morgan fingerprint density at radius 1 is 1.41 bits per heavy atom. The Balaban J connectivity index is 1.83. The fraction of sp³-hybridized carbons (Fsp3) is 0.500. The van der Waals surface area contributed by atoms with Crippen LogP contribution in [-0.4, -0.2) is 21.4 Å². The van der Waals surface area contributed by atoms with Crippen molar-refractivity contribution in [3.8, 4) is 0 Å². The molecule has 5 nitrogen and oxygen atoms in total. The fourth-order valence-electron chi connectivity index (χ4n) is 2.63. The fourth-order valence-corrected chi connectivity index (χ4v) is 2.97. The van der Waals surface area contributed by atoms with Crippen LogP contribution in [0.4, 0.5) is 0 Å². The van der Waals surface area contributed by atoms with E-state index in [4.69, 9.17) is 4.42 Å². The summed E-state index contributed by atoms with van der Waals surface area (Å²) in [6.07, 6.45) is 0.796. The zero-order valence-corrected chi connectivity index (χ0v) is 14.7. The summed E-state index contributed by atoms with van der Waals surface area (Å²) in [5.41, 5.74) is 1.56. The summed E-state index contributed by atoms with van der Waals surface area (Å²) in [6.45, 7) is 8.36. The van der Waals surface area contributed by atoms with Crippen molar-refractivity contribution < 1.29 is 4.42 Å². The summed E-state index contributed by atoms with van der Waals surface area (Å²) >= 11 is 3.31. The second kappa shape index (κ2) is 5.66. The van der Waals surface area contributed by atoms with Crippen molar-refractivity contribution in [1.29, 1.82) is 0 Å². The molecule has 1 aliphatic heterocycles. The van der Waals surface area contributed by atoms with E-state index in [1.54, 1.807) is 0 Å². The van der Waals surface area contributed by atoms with Crippen molar-refractivity contribution in [3.05, 3.63) is 50.0 Å². The minimum atomic E-state index is -0.147. The molecule has 6 heteroatoms. The van der Waals surface area contributed by atoms with Crippen LogP contribution in [0.1, 0.15) is 43.6 Å². The van der Waals surface area contributed by atoms with Crippen LogP contribution in [0.15, 0.2) is 26.0 Å². The molecule has 0 aromatic carbocycles. The molecule has 0 fully saturated rings. The van der Waals surface area contributed by atoms with Gasteiger partial charge in [-0.25, -0.2) is 4.98 Å². The molecule has 3 heterocycles. The van der Waals surface area contributed by atoms with E-state index in [1.165, 1.54) is 0 Å². The van der Waals surface area contributed by atoms with Crippen LogP contribution >= 0.6 is 15.9 Å². The minimum Gasteiger partial charge on any atom is -0.453 e. The van der Waals surface area contributed by atoms with Gasteiger partial charge < -0.3 is 9.40 Å². The number of halogens is 1. The maximum Gasteiger partial charge on any atom is 0.255 e. The van der Waals surface area contributed by atoms with Crippen LogP contribution in [-0.2, 0) is 24.9 Å². The van der Waals surface area contributed by atoms with E-state index < -0.39 is 0 Å². The Morgan fingerprint density at radius 2 is 2.18 bits per heavy atom. The number of nitrogens with zero attached hydrogens (tertiary/aromatic N) is 2. The molecule has 118 valence electrons. The van der Waals surface area contributed by atoms with Gasteiger partial charge in [0.05, 0.1) is 17.8 Å². The van der Waals surface area contributed by atoms with E-state index in [9.17, 15) is 4.79 Å². The lowest BCUT2D eigenvalue weighted by atomic mass is 9.95. The largest absolute Gasteiger partial charge is 0.453 e. The van der Waals surface area contributed by atoms with E-state index in [2.05, 4.69) is 51.6 Å². The summed E-state index contributed by atoms with van der Waals surface area (Å²) in [4.78, 5) is 22.2.